The number of hydrogen-bond donors (Lipinski definition) is 3. The van der Waals surface area contributed by atoms with E-state index in [1.165, 1.54) is 0 Å². The highest BCUT2D eigenvalue weighted by atomic mass is 16.5. The lowest BCUT2D eigenvalue weighted by Gasteiger charge is -2.12. The van der Waals surface area contributed by atoms with E-state index in [0.29, 0.717) is 17.9 Å². The smallest absolute Gasteiger partial charge is 0.173 e. The normalized spacial score (nSPS) is 13.3. The number of rotatable bonds is 7. The van der Waals surface area contributed by atoms with Crippen LogP contribution < -0.4 is 15.8 Å². The lowest BCUT2D eigenvalue weighted by molar-refractivity contribution is 0.117. The van der Waals surface area contributed by atoms with Gasteiger partial charge in [0.15, 0.2) is 5.84 Å². The van der Waals surface area contributed by atoms with Crippen molar-refractivity contribution in [3.8, 4) is 5.75 Å². The first-order valence-corrected chi connectivity index (χ1v) is 6.00. The molecule has 4 N–H and O–H groups in total. The molecule has 0 fully saturated rings. The molecule has 6 nitrogen and oxygen atoms in total. The minimum Gasteiger partial charge on any atom is -0.496 e. The van der Waals surface area contributed by atoms with Crippen LogP contribution in [0.5, 0.6) is 5.75 Å². The molecule has 0 aliphatic heterocycles. The van der Waals surface area contributed by atoms with E-state index in [-0.39, 0.29) is 11.9 Å². The number of oxime groups is 1. The first-order valence-electron chi connectivity index (χ1n) is 6.00. The van der Waals surface area contributed by atoms with Crippen molar-refractivity contribution in [2.75, 3.05) is 20.8 Å². The molecule has 0 saturated carbocycles. The van der Waals surface area contributed by atoms with Gasteiger partial charge >= 0.3 is 0 Å². The predicted molar refractivity (Wildman–Crippen MR) is 73.7 cm³/mol. The average Bonchev–Trinajstić information content (AvgIpc) is 2.45. The Morgan fingerprint density at radius 3 is 2.79 bits per heavy atom. The Morgan fingerprint density at radius 2 is 2.21 bits per heavy atom. The molecule has 1 unspecified atom stereocenters. The van der Waals surface area contributed by atoms with Crippen LogP contribution in [0, 0.1) is 0 Å². The Morgan fingerprint density at radius 1 is 1.47 bits per heavy atom. The van der Waals surface area contributed by atoms with Crippen molar-refractivity contribution in [3.63, 3.8) is 0 Å². The number of amidine groups is 1. The van der Waals surface area contributed by atoms with E-state index in [9.17, 15) is 0 Å². The second-order valence-electron chi connectivity index (χ2n) is 4.20. The Balaban J connectivity index is 2.72. The van der Waals surface area contributed by atoms with Gasteiger partial charge in [-0.1, -0.05) is 11.2 Å². The molecule has 0 saturated heterocycles. The maximum Gasteiger partial charge on any atom is 0.173 e. The second kappa shape index (κ2) is 7.60. The third-order valence-corrected chi connectivity index (χ3v) is 2.81. The summed E-state index contributed by atoms with van der Waals surface area (Å²) in [6.45, 7) is 3.45. The maximum absolute atomic E-state index is 8.69. The van der Waals surface area contributed by atoms with Gasteiger partial charge in [0, 0.05) is 20.2 Å². The van der Waals surface area contributed by atoms with Gasteiger partial charge in [0.1, 0.15) is 5.75 Å². The molecule has 0 heterocycles. The van der Waals surface area contributed by atoms with Gasteiger partial charge in [0.05, 0.1) is 18.8 Å². The lowest BCUT2D eigenvalue weighted by atomic mass is 10.1. The first-order chi connectivity index (χ1) is 9.12. The summed E-state index contributed by atoms with van der Waals surface area (Å²) >= 11 is 0. The summed E-state index contributed by atoms with van der Waals surface area (Å²) in [6.07, 6.45) is 0.165. The summed E-state index contributed by atoms with van der Waals surface area (Å²) in [5.41, 5.74) is 7.19. The van der Waals surface area contributed by atoms with E-state index in [0.717, 1.165) is 12.1 Å². The number of nitrogens with one attached hydrogen (secondary N) is 1. The van der Waals surface area contributed by atoms with Gasteiger partial charge in [-0.3, -0.25) is 0 Å². The fourth-order valence-corrected chi connectivity index (χ4v) is 1.61. The van der Waals surface area contributed by atoms with Gasteiger partial charge in [-0.2, -0.15) is 0 Å². The van der Waals surface area contributed by atoms with Crippen LogP contribution in [0.15, 0.2) is 23.4 Å². The Hall–Kier alpha value is -1.79. The zero-order chi connectivity index (χ0) is 14.3. The molecule has 1 aromatic rings. The van der Waals surface area contributed by atoms with Crippen molar-refractivity contribution < 1.29 is 14.7 Å². The van der Waals surface area contributed by atoms with Crippen molar-refractivity contribution >= 4 is 5.84 Å². The molecule has 106 valence electrons. The summed E-state index contributed by atoms with van der Waals surface area (Å²) < 4.78 is 10.4. The van der Waals surface area contributed by atoms with E-state index in [1.54, 1.807) is 20.3 Å². The minimum absolute atomic E-state index is 0.0318. The molecule has 6 heteroatoms. The van der Waals surface area contributed by atoms with Crippen LogP contribution in [0.1, 0.15) is 18.1 Å². The van der Waals surface area contributed by atoms with Crippen molar-refractivity contribution in [2.24, 2.45) is 10.9 Å². The Bertz CT molecular complexity index is 435. The Kier molecular flexibility index (Phi) is 6.11. The monoisotopic (exact) mass is 267 g/mol. The topological polar surface area (TPSA) is 89.1 Å². The van der Waals surface area contributed by atoms with Gasteiger partial charge in [-0.25, -0.2) is 0 Å². The van der Waals surface area contributed by atoms with E-state index >= 15 is 0 Å². The van der Waals surface area contributed by atoms with E-state index < -0.39 is 0 Å². The fourth-order valence-electron chi connectivity index (χ4n) is 1.61. The molecular weight excluding hydrogens is 246 g/mol. The number of hydrogen-bond acceptors (Lipinski definition) is 5. The standard InChI is InChI=1S/C13H21N3O3/c1-9(18-2)7-15-8-10-4-5-11(13(14)16-17)12(6-10)19-3/h4-6,9,15,17H,7-8H2,1-3H3,(H2,14,16). The molecule has 0 aromatic heterocycles. The first kappa shape index (κ1) is 15.3. The number of methoxy groups -OCH3 is 2. The molecule has 19 heavy (non-hydrogen) atoms. The van der Waals surface area contributed by atoms with Crippen LogP contribution in [0.3, 0.4) is 0 Å². The Labute approximate surface area is 113 Å². The van der Waals surface area contributed by atoms with Crippen LogP contribution in [0.2, 0.25) is 0 Å². The lowest BCUT2D eigenvalue weighted by Crippen LogP contribution is -2.25. The van der Waals surface area contributed by atoms with Gasteiger partial charge in [0.25, 0.3) is 0 Å². The molecule has 1 rings (SSSR count). The van der Waals surface area contributed by atoms with Crippen LogP contribution in [-0.2, 0) is 11.3 Å². The summed E-state index contributed by atoms with van der Waals surface area (Å²) in [7, 11) is 3.23. The number of nitrogens with zero attached hydrogens (tertiary/aromatic N) is 1. The molecule has 0 aliphatic rings. The number of nitrogens with two attached hydrogens (primary N) is 1. The third-order valence-electron chi connectivity index (χ3n) is 2.81. The molecule has 1 aromatic carbocycles. The molecular formula is C13H21N3O3. The summed E-state index contributed by atoms with van der Waals surface area (Å²) in [5, 5.41) is 14.9. The highest BCUT2D eigenvalue weighted by Gasteiger charge is 2.08. The zero-order valence-electron chi connectivity index (χ0n) is 11.5. The van der Waals surface area contributed by atoms with E-state index in [1.807, 2.05) is 19.1 Å². The van der Waals surface area contributed by atoms with Gasteiger partial charge in [-0.15, -0.1) is 0 Å². The number of benzene rings is 1. The SMILES string of the molecule is COc1cc(CNCC(C)OC)ccc1/C(N)=N/O. The van der Waals surface area contributed by atoms with E-state index in [2.05, 4.69) is 10.5 Å². The molecule has 1 atom stereocenters. The average molecular weight is 267 g/mol. The van der Waals surface area contributed by atoms with Crippen LogP contribution in [0.4, 0.5) is 0 Å². The van der Waals surface area contributed by atoms with Crippen molar-refractivity contribution in [3.05, 3.63) is 29.3 Å². The zero-order valence-corrected chi connectivity index (χ0v) is 11.5. The van der Waals surface area contributed by atoms with Gasteiger partial charge in [-0.05, 0) is 24.6 Å². The third kappa shape index (κ3) is 4.42. The highest BCUT2D eigenvalue weighted by Crippen LogP contribution is 2.20. The number of ether oxygens (including phenoxy) is 2. The highest BCUT2D eigenvalue weighted by molar-refractivity contribution is 5.99. The second-order valence-corrected chi connectivity index (χ2v) is 4.20. The summed E-state index contributed by atoms with van der Waals surface area (Å²) in [6, 6.07) is 5.53. The van der Waals surface area contributed by atoms with Gasteiger partial charge in [0.2, 0.25) is 0 Å². The van der Waals surface area contributed by atoms with Gasteiger partial charge < -0.3 is 25.7 Å². The molecule has 0 amide bonds. The molecule has 0 radical (unpaired) electrons. The largest absolute Gasteiger partial charge is 0.496 e. The predicted octanol–water partition coefficient (Wildman–Crippen LogP) is 0.914. The fraction of sp³-hybridized carbons (Fsp3) is 0.462. The van der Waals surface area contributed by atoms with Crippen LogP contribution >= 0.6 is 0 Å². The molecule has 0 bridgehead atoms. The summed E-state index contributed by atoms with van der Waals surface area (Å²) in [5.74, 6) is 0.610. The van der Waals surface area contributed by atoms with Crippen molar-refractivity contribution in [1.82, 2.24) is 5.32 Å². The summed E-state index contributed by atoms with van der Waals surface area (Å²) in [4.78, 5) is 0. The van der Waals surface area contributed by atoms with Crippen LogP contribution in [0.25, 0.3) is 0 Å². The molecule has 0 aliphatic carbocycles. The minimum atomic E-state index is 0.0318. The van der Waals surface area contributed by atoms with E-state index in [4.69, 9.17) is 20.4 Å². The quantitative estimate of drug-likeness (QED) is 0.296. The van der Waals surface area contributed by atoms with Crippen molar-refractivity contribution in [1.29, 1.82) is 0 Å². The van der Waals surface area contributed by atoms with Crippen LogP contribution in [-0.4, -0.2) is 37.9 Å². The maximum atomic E-state index is 8.69. The molecule has 0 spiro atoms. The van der Waals surface area contributed by atoms with Crippen molar-refractivity contribution in [2.45, 2.75) is 19.6 Å².